The molecule has 0 aromatic heterocycles. The van der Waals surface area contributed by atoms with Gasteiger partial charge in [-0.2, -0.15) is 0 Å². The van der Waals surface area contributed by atoms with Crippen molar-refractivity contribution in [2.24, 2.45) is 0 Å². The van der Waals surface area contributed by atoms with Gasteiger partial charge < -0.3 is 0 Å². The van der Waals surface area contributed by atoms with Crippen LogP contribution in [-0.2, 0) is 6.42 Å². The summed E-state index contributed by atoms with van der Waals surface area (Å²) < 4.78 is 26.7. The van der Waals surface area contributed by atoms with E-state index in [4.69, 9.17) is 0 Å². The number of thioether (sulfide) groups is 1. The Morgan fingerprint density at radius 1 is 1.11 bits per heavy atom. The van der Waals surface area contributed by atoms with E-state index in [2.05, 4.69) is 15.9 Å². The van der Waals surface area contributed by atoms with Crippen LogP contribution in [0.2, 0.25) is 0 Å². The lowest BCUT2D eigenvalue weighted by Crippen LogP contribution is -2.00. The molecular weight excluding hydrogens is 330 g/mol. The lowest BCUT2D eigenvalue weighted by molar-refractivity contribution is 0.498. The average molecular weight is 343 g/mol. The highest BCUT2D eigenvalue weighted by Gasteiger charge is 2.13. The summed E-state index contributed by atoms with van der Waals surface area (Å²) in [6, 6.07) is 12.3. The normalized spacial score (nSPS) is 12.4. The van der Waals surface area contributed by atoms with Crippen molar-refractivity contribution in [3.63, 3.8) is 0 Å². The van der Waals surface area contributed by atoms with Gasteiger partial charge in [-0.05, 0) is 42.0 Å². The molecule has 1 unspecified atom stereocenters. The van der Waals surface area contributed by atoms with Gasteiger partial charge in [0.1, 0.15) is 0 Å². The van der Waals surface area contributed by atoms with E-state index in [1.807, 2.05) is 30.5 Å². The van der Waals surface area contributed by atoms with Crippen molar-refractivity contribution in [2.45, 2.75) is 16.1 Å². The van der Waals surface area contributed by atoms with E-state index < -0.39 is 11.6 Å². The molecule has 1 atom stereocenters. The smallest absolute Gasteiger partial charge is 0.162 e. The Morgan fingerprint density at radius 3 is 2.42 bits per heavy atom. The van der Waals surface area contributed by atoms with Crippen molar-refractivity contribution in [2.75, 3.05) is 6.26 Å². The van der Waals surface area contributed by atoms with Crippen LogP contribution in [0.5, 0.6) is 0 Å². The van der Waals surface area contributed by atoms with Crippen molar-refractivity contribution in [3.05, 3.63) is 65.2 Å². The van der Waals surface area contributed by atoms with Gasteiger partial charge in [0, 0.05) is 9.72 Å². The summed E-state index contributed by atoms with van der Waals surface area (Å²) in [7, 11) is 0. The third-order valence-corrected chi connectivity index (χ3v) is 4.50. The van der Waals surface area contributed by atoms with E-state index in [0.717, 1.165) is 11.6 Å². The lowest BCUT2D eigenvalue weighted by atomic mass is 10.0. The fraction of sp³-hybridized carbons (Fsp3) is 0.200. The van der Waals surface area contributed by atoms with Crippen LogP contribution in [0.15, 0.2) is 47.4 Å². The van der Waals surface area contributed by atoms with Crippen molar-refractivity contribution in [1.82, 2.24) is 0 Å². The molecule has 2 aromatic carbocycles. The zero-order valence-corrected chi connectivity index (χ0v) is 12.8. The first-order chi connectivity index (χ1) is 9.11. The molecule has 0 aliphatic rings. The maximum absolute atomic E-state index is 13.6. The summed E-state index contributed by atoms with van der Waals surface area (Å²) in [6.45, 7) is 0. The zero-order chi connectivity index (χ0) is 13.8. The molecule has 0 nitrogen and oxygen atoms in total. The second kappa shape index (κ2) is 6.53. The largest absolute Gasteiger partial charge is 0.204 e. The van der Waals surface area contributed by atoms with Crippen molar-refractivity contribution in [1.29, 1.82) is 0 Å². The molecule has 0 saturated heterocycles. The van der Waals surface area contributed by atoms with Gasteiger partial charge in [0.25, 0.3) is 0 Å². The minimum atomic E-state index is -0.796. The molecule has 100 valence electrons. The van der Waals surface area contributed by atoms with Crippen molar-refractivity contribution < 1.29 is 8.78 Å². The van der Waals surface area contributed by atoms with Gasteiger partial charge in [-0.3, -0.25) is 0 Å². The predicted octanol–water partition coefficient (Wildman–Crippen LogP) is 5.37. The lowest BCUT2D eigenvalue weighted by Gasteiger charge is -2.11. The number of benzene rings is 2. The summed E-state index contributed by atoms with van der Waals surface area (Å²) in [6.07, 6.45) is 2.44. The third kappa shape index (κ3) is 3.57. The van der Waals surface area contributed by atoms with Gasteiger partial charge in [0.05, 0.1) is 0 Å². The molecule has 0 spiro atoms. The van der Waals surface area contributed by atoms with Gasteiger partial charge in [0.2, 0.25) is 0 Å². The highest BCUT2D eigenvalue weighted by Crippen LogP contribution is 2.29. The Labute approximate surface area is 124 Å². The monoisotopic (exact) mass is 342 g/mol. The second-order valence-electron chi connectivity index (χ2n) is 4.16. The molecule has 0 aliphatic carbocycles. The number of hydrogen-bond acceptors (Lipinski definition) is 1. The minimum Gasteiger partial charge on any atom is -0.204 e. The highest BCUT2D eigenvalue weighted by molar-refractivity contribution is 9.09. The fourth-order valence-electron chi connectivity index (χ4n) is 1.83. The summed E-state index contributed by atoms with van der Waals surface area (Å²) in [4.78, 5) is 1.15. The Morgan fingerprint density at radius 2 is 1.79 bits per heavy atom. The first-order valence-electron chi connectivity index (χ1n) is 5.82. The Bertz CT molecular complexity index is 555. The molecule has 0 amide bonds. The molecule has 0 bridgehead atoms. The van der Waals surface area contributed by atoms with Crippen LogP contribution in [0.1, 0.15) is 16.0 Å². The van der Waals surface area contributed by atoms with Crippen LogP contribution in [0, 0.1) is 11.6 Å². The molecule has 2 aromatic rings. The Kier molecular flexibility index (Phi) is 4.99. The standard InChI is InChI=1S/C15H13BrF2S/c1-19-12-7-5-10(6-8-12)13(16)9-11-3-2-4-14(17)15(11)18/h2-8,13H,9H2,1H3. The molecule has 0 fully saturated rings. The first kappa shape index (κ1) is 14.5. The van der Waals surface area contributed by atoms with Gasteiger partial charge in [-0.15, -0.1) is 11.8 Å². The van der Waals surface area contributed by atoms with Crippen LogP contribution >= 0.6 is 27.7 Å². The second-order valence-corrected chi connectivity index (χ2v) is 6.14. The van der Waals surface area contributed by atoms with Crippen LogP contribution in [-0.4, -0.2) is 6.26 Å². The Balaban J connectivity index is 2.15. The molecular formula is C15H13BrF2S. The molecule has 4 heteroatoms. The predicted molar refractivity (Wildman–Crippen MR) is 80.0 cm³/mol. The summed E-state index contributed by atoms with van der Waals surface area (Å²) in [5, 5.41) is 0. The molecule has 0 aliphatic heterocycles. The number of alkyl halides is 1. The zero-order valence-electron chi connectivity index (χ0n) is 10.4. The molecule has 19 heavy (non-hydrogen) atoms. The van der Waals surface area contributed by atoms with E-state index in [-0.39, 0.29) is 4.83 Å². The number of halogens is 3. The van der Waals surface area contributed by atoms with E-state index in [0.29, 0.717) is 12.0 Å². The van der Waals surface area contributed by atoms with Gasteiger partial charge in [-0.25, -0.2) is 8.78 Å². The number of hydrogen-bond donors (Lipinski definition) is 0. The van der Waals surface area contributed by atoms with E-state index >= 15 is 0 Å². The van der Waals surface area contributed by atoms with Gasteiger partial charge in [0.15, 0.2) is 11.6 Å². The molecule has 0 heterocycles. The number of rotatable bonds is 4. The molecule has 0 N–H and O–H groups in total. The highest BCUT2D eigenvalue weighted by atomic mass is 79.9. The van der Waals surface area contributed by atoms with Crippen LogP contribution in [0.3, 0.4) is 0 Å². The van der Waals surface area contributed by atoms with E-state index in [1.54, 1.807) is 17.8 Å². The van der Waals surface area contributed by atoms with Crippen LogP contribution in [0.25, 0.3) is 0 Å². The summed E-state index contributed by atoms with van der Waals surface area (Å²) >= 11 is 5.20. The quantitative estimate of drug-likeness (QED) is 0.532. The van der Waals surface area contributed by atoms with Crippen LogP contribution in [0.4, 0.5) is 8.78 Å². The SMILES string of the molecule is CSc1ccc(C(Br)Cc2cccc(F)c2F)cc1. The fourth-order valence-corrected chi connectivity index (χ4v) is 2.89. The summed E-state index contributed by atoms with van der Waals surface area (Å²) in [5.41, 5.74) is 1.44. The maximum atomic E-state index is 13.6. The summed E-state index contributed by atoms with van der Waals surface area (Å²) in [5.74, 6) is -1.55. The Hall–Kier alpha value is -0.870. The molecule has 0 saturated carbocycles. The molecule has 0 radical (unpaired) electrons. The average Bonchev–Trinajstić information content (AvgIpc) is 2.44. The minimum absolute atomic E-state index is 0.0280. The van der Waals surface area contributed by atoms with Gasteiger partial charge in [-0.1, -0.05) is 40.2 Å². The maximum Gasteiger partial charge on any atom is 0.162 e. The van der Waals surface area contributed by atoms with Crippen LogP contribution < -0.4 is 0 Å². The topological polar surface area (TPSA) is 0 Å². The van der Waals surface area contributed by atoms with E-state index in [1.165, 1.54) is 11.0 Å². The van der Waals surface area contributed by atoms with Crippen molar-refractivity contribution in [3.8, 4) is 0 Å². The molecule has 2 rings (SSSR count). The van der Waals surface area contributed by atoms with E-state index in [9.17, 15) is 8.78 Å². The van der Waals surface area contributed by atoms with Gasteiger partial charge >= 0.3 is 0 Å². The van der Waals surface area contributed by atoms with Crippen molar-refractivity contribution >= 4 is 27.7 Å². The third-order valence-electron chi connectivity index (χ3n) is 2.91. The first-order valence-corrected chi connectivity index (χ1v) is 7.96.